The van der Waals surface area contributed by atoms with Crippen LogP contribution in [0.25, 0.3) is 0 Å². The van der Waals surface area contributed by atoms with Gasteiger partial charge in [-0.25, -0.2) is 8.42 Å². The van der Waals surface area contributed by atoms with Gasteiger partial charge < -0.3 is 9.66 Å². The Hall–Kier alpha value is 0.870. The summed E-state index contributed by atoms with van der Waals surface area (Å²) in [7, 11) is -4.14. The molecule has 0 aromatic carbocycles. The van der Waals surface area contributed by atoms with Gasteiger partial charge in [0.25, 0.3) is 0 Å². The predicted octanol–water partition coefficient (Wildman–Crippen LogP) is 3.72. The molecule has 0 aromatic heterocycles. The van der Waals surface area contributed by atoms with Gasteiger partial charge in [-0.1, -0.05) is 110 Å². The molecule has 1 N–H and O–H groups in total. The van der Waals surface area contributed by atoms with Gasteiger partial charge in [0.2, 0.25) is 0 Å². The summed E-state index contributed by atoms with van der Waals surface area (Å²) in [5.41, 5.74) is 0. The summed E-state index contributed by atoms with van der Waals surface area (Å²) in [5, 5.41) is 9.02. The number of unbranched alkanes of at least 4 members (excludes halogenated alkanes) is 12. The molecule has 0 aliphatic heterocycles. The predicted molar refractivity (Wildman–Crippen MR) is 119 cm³/mol. The SMILES string of the molecule is CCCCCCC(CCCCCCCCCCCCC(O)CCC)S(=O)(=O)[O-].[Na+]. The van der Waals surface area contributed by atoms with Crippen LogP contribution in [0.1, 0.15) is 136 Å². The van der Waals surface area contributed by atoms with E-state index in [1.54, 1.807) is 0 Å². The molecule has 0 rings (SSSR count). The van der Waals surface area contributed by atoms with Crippen LogP contribution < -0.4 is 29.6 Å². The second-order valence-corrected chi connectivity index (χ2v) is 10.2. The number of hydrogen-bond donors (Lipinski definition) is 1. The molecule has 0 bridgehead atoms. The summed E-state index contributed by atoms with van der Waals surface area (Å²) in [4.78, 5) is 0. The van der Waals surface area contributed by atoms with Gasteiger partial charge in [0, 0.05) is 5.25 Å². The molecule has 0 fully saturated rings. The number of aliphatic hydroxyl groups is 1. The Labute approximate surface area is 204 Å². The van der Waals surface area contributed by atoms with Gasteiger partial charge in [0.1, 0.15) is 0 Å². The van der Waals surface area contributed by atoms with Gasteiger partial charge in [0.05, 0.1) is 16.2 Å². The number of aliphatic hydroxyl groups excluding tert-OH is 1. The summed E-state index contributed by atoms with van der Waals surface area (Å²) in [5.74, 6) is 0. The van der Waals surface area contributed by atoms with Crippen LogP contribution in [0.5, 0.6) is 0 Å². The molecule has 29 heavy (non-hydrogen) atoms. The molecule has 0 aliphatic rings. The second kappa shape index (κ2) is 22.1. The van der Waals surface area contributed by atoms with Crippen LogP contribution in [-0.2, 0) is 10.1 Å². The van der Waals surface area contributed by atoms with Crippen LogP contribution in [0, 0.1) is 0 Å². The van der Waals surface area contributed by atoms with Gasteiger partial charge in [-0.05, 0) is 25.7 Å². The molecule has 0 radical (unpaired) electrons. The van der Waals surface area contributed by atoms with Crippen LogP contribution in [-0.4, -0.2) is 29.4 Å². The fourth-order valence-electron chi connectivity index (χ4n) is 3.88. The third kappa shape index (κ3) is 21.9. The normalized spacial score (nSPS) is 13.8. The molecule has 6 heteroatoms. The Kier molecular flexibility index (Phi) is 24.4. The Morgan fingerprint density at radius 1 is 0.621 bits per heavy atom. The first-order valence-electron chi connectivity index (χ1n) is 12.0. The third-order valence-corrected chi connectivity index (χ3v) is 7.01. The van der Waals surface area contributed by atoms with Crippen molar-refractivity contribution in [3.8, 4) is 0 Å². The fourth-order valence-corrected chi connectivity index (χ4v) is 4.79. The van der Waals surface area contributed by atoms with Crippen molar-refractivity contribution in [3.63, 3.8) is 0 Å². The van der Waals surface area contributed by atoms with Gasteiger partial charge >= 0.3 is 29.6 Å². The molecule has 170 valence electrons. The van der Waals surface area contributed by atoms with E-state index in [1.807, 2.05) is 0 Å². The Bertz CT molecular complexity index is 429. The molecular formula is C23H47NaO4S. The molecule has 0 aromatic rings. The molecule has 4 nitrogen and oxygen atoms in total. The molecule has 0 amide bonds. The first-order valence-corrected chi connectivity index (χ1v) is 13.5. The average molecular weight is 443 g/mol. The minimum Gasteiger partial charge on any atom is -0.748 e. The van der Waals surface area contributed by atoms with Gasteiger partial charge in [0.15, 0.2) is 0 Å². The maximum Gasteiger partial charge on any atom is 1.00 e. The molecule has 2 atom stereocenters. The Balaban J connectivity index is 0. The molecular weight excluding hydrogens is 395 g/mol. The molecule has 2 unspecified atom stereocenters. The van der Waals surface area contributed by atoms with E-state index in [9.17, 15) is 18.1 Å². The van der Waals surface area contributed by atoms with Crippen molar-refractivity contribution in [1.29, 1.82) is 0 Å². The molecule has 0 heterocycles. The van der Waals surface area contributed by atoms with E-state index in [2.05, 4.69) is 13.8 Å². The zero-order valence-corrected chi connectivity index (χ0v) is 22.5. The second-order valence-electron chi connectivity index (χ2n) is 8.52. The smallest absolute Gasteiger partial charge is 0.748 e. The fraction of sp³-hybridized carbons (Fsp3) is 1.00. The van der Waals surface area contributed by atoms with Crippen LogP contribution in [0.15, 0.2) is 0 Å². The Morgan fingerprint density at radius 3 is 1.38 bits per heavy atom. The van der Waals surface area contributed by atoms with E-state index in [1.165, 1.54) is 38.5 Å². The first-order chi connectivity index (χ1) is 13.4. The first kappa shape index (κ1) is 32.1. The molecule has 0 spiro atoms. The number of hydrogen-bond acceptors (Lipinski definition) is 4. The summed E-state index contributed by atoms with van der Waals surface area (Å²) < 4.78 is 34.2. The van der Waals surface area contributed by atoms with E-state index in [0.29, 0.717) is 12.8 Å². The quantitative estimate of drug-likeness (QED) is 0.167. The van der Waals surface area contributed by atoms with Gasteiger partial charge in [-0.3, -0.25) is 0 Å². The van der Waals surface area contributed by atoms with Crippen LogP contribution in [0.3, 0.4) is 0 Å². The van der Waals surface area contributed by atoms with Crippen molar-refractivity contribution < 1.29 is 47.6 Å². The number of rotatable bonds is 21. The van der Waals surface area contributed by atoms with E-state index in [4.69, 9.17) is 0 Å². The maximum absolute atomic E-state index is 11.4. The summed E-state index contributed by atoms with van der Waals surface area (Å²) in [6.07, 6.45) is 19.7. The van der Waals surface area contributed by atoms with Crippen molar-refractivity contribution in [3.05, 3.63) is 0 Å². The van der Waals surface area contributed by atoms with Crippen LogP contribution >= 0.6 is 0 Å². The molecule has 0 aliphatic carbocycles. The van der Waals surface area contributed by atoms with Crippen molar-refractivity contribution >= 4 is 10.1 Å². The zero-order chi connectivity index (χ0) is 21.1. The van der Waals surface area contributed by atoms with Crippen molar-refractivity contribution in [2.24, 2.45) is 0 Å². The largest absolute Gasteiger partial charge is 1.00 e. The van der Waals surface area contributed by atoms with E-state index in [-0.39, 0.29) is 35.7 Å². The zero-order valence-electron chi connectivity index (χ0n) is 19.7. The molecule has 0 saturated heterocycles. The minimum absolute atomic E-state index is 0. The topological polar surface area (TPSA) is 77.4 Å². The average Bonchev–Trinajstić information content (AvgIpc) is 2.63. The van der Waals surface area contributed by atoms with Crippen molar-refractivity contribution in [2.45, 2.75) is 147 Å². The summed E-state index contributed by atoms with van der Waals surface area (Å²) in [6.45, 7) is 4.24. The van der Waals surface area contributed by atoms with Crippen molar-refractivity contribution in [2.75, 3.05) is 0 Å². The van der Waals surface area contributed by atoms with Gasteiger partial charge in [-0.15, -0.1) is 0 Å². The third-order valence-electron chi connectivity index (χ3n) is 5.72. The van der Waals surface area contributed by atoms with E-state index in [0.717, 1.165) is 70.6 Å². The van der Waals surface area contributed by atoms with Crippen LogP contribution in [0.4, 0.5) is 0 Å². The molecule has 0 saturated carbocycles. The summed E-state index contributed by atoms with van der Waals surface area (Å²) >= 11 is 0. The summed E-state index contributed by atoms with van der Waals surface area (Å²) in [6, 6.07) is 0. The Morgan fingerprint density at radius 2 is 1.00 bits per heavy atom. The minimum atomic E-state index is -4.14. The van der Waals surface area contributed by atoms with E-state index >= 15 is 0 Å². The van der Waals surface area contributed by atoms with Crippen LogP contribution in [0.2, 0.25) is 0 Å². The van der Waals surface area contributed by atoms with E-state index < -0.39 is 15.4 Å². The monoisotopic (exact) mass is 442 g/mol. The maximum atomic E-state index is 11.4. The standard InChI is InChI=1S/C23H48O4S.Na/c1-3-5-6-16-20-23(28(25,26)27)21-17-14-12-10-8-7-9-11-13-15-19-22(24)18-4-2;/h22-24H,3-21H2,1-2H3,(H,25,26,27);/q;+1/p-1. The van der Waals surface area contributed by atoms with Gasteiger partial charge in [-0.2, -0.15) is 0 Å². The van der Waals surface area contributed by atoms with Crippen molar-refractivity contribution in [1.82, 2.24) is 0 Å².